The van der Waals surface area contributed by atoms with E-state index in [-0.39, 0.29) is 11.9 Å². The van der Waals surface area contributed by atoms with Crippen LogP contribution in [-0.4, -0.2) is 66.7 Å². The van der Waals surface area contributed by atoms with Gasteiger partial charge in [-0.1, -0.05) is 6.07 Å². The summed E-state index contributed by atoms with van der Waals surface area (Å²) in [5.74, 6) is -0.308. The minimum Gasteiger partial charge on any atom is -0.363 e. The molecule has 4 heterocycles. The number of Topliss-reactive ketones (excluding diaryl/α,β-unsaturated/α-hetero) is 1. The summed E-state index contributed by atoms with van der Waals surface area (Å²) in [6, 6.07) is 6.81. The largest absolute Gasteiger partial charge is 0.363 e. The molecule has 0 spiro atoms. The van der Waals surface area contributed by atoms with Crippen LogP contribution in [0.1, 0.15) is 41.6 Å². The number of hydrogen-bond donors (Lipinski definition) is 2. The third-order valence-electron chi connectivity index (χ3n) is 6.92. The van der Waals surface area contributed by atoms with Gasteiger partial charge in [0.15, 0.2) is 6.29 Å². The maximum atomic E-state index is 13.1. The molecule has 0 saturated carbocycles. The second kappa shape index (κ2) is 6.97. The number of nitrogens with zero attached hydrogens (tertiary/aromatic N) is 2. The van der Waals surface area contributed by atoms with Crippen molar-refractivity contribution in [1.82, 2.24) is 15.5 Å². The summed E-state index contributed by atoms with van der Waals surface area (Å²) in [5.41, 5.74) is 3.19. The van der Waals surface area contributed by atoms with Gasteiger partial charge >= 0.3 is 0 Å². The molecule has 0 aliphatic carbocycles. The lowest BCUT2D eigenvalue weighted by Crippen LogP contribution is -2.52. The minimum atomic E-state index is -0.402. The molecule has 0 aromatic heterocycles. The third-order valence-corrected chi connectivity index (χ3v) is 6.92. The molecule has 2 unspecified atom stereocenters. The van der Waals surface area contributed by atoms with Gasteiger partial charge in [0.1, 0.15) is 0 Å². The van der Waals surface area contributed by atoms with Gasteiger partial charge in [0.05, 0.1) is 6.04 Å². The molecular weight excluding hydrogens is 356 g/mol. The van der Waals surface area contributed by atoms with Gasteiger partial charge in [-0.3, -0.25) is 14.4 Å². The number of amides is 1. The first-order chi connectivity index (χ1) is 13.7. The minimum absolute atomic E-state index is 0.0585. The molecular formula is C21H26N4O3. The van der Waals surface area contributed by atoms with E-state index in [1.165, 1.54) is 18.5 Å². The lowest BCUT2D eigenvalue weighted by molar-refractivity contribution is -0.131. The highest BCUT2D eigenvalue weighted by Gasteiger charge is 2.41. The van der Waals surface area contributed by atoms with Crippen molar-refractivity contribution in [1.29, 1.82) is 0 Å². The molecule has 4 aliphatic rings. The zero-order valence-corrected chi connectivity index (χ0v) is 15.9. The normalized spacial score (nSPS) is 31.8. The fourth-order valence-corrected chi connectivity index (χ4v) is 5.48. The fourth-order valence-electron chi connectivity index (χ4n) is 5.48. The topological polar surface area (TPSA) is 81.8 Å². The van der Waals surface area contributed by atoms with Crippen LogP contribution in [-0.2, 0) is 16.1 Å². The molecule has 7 nitrogen and oxygen atoms in total. The number of aldehydes is 1. The van der Waals surface area contributed by atoms with Gasteiger partial charge in [-0.05, 0) is 37.8 Å². The van der Waals surface area contributed by atoms with E-state index in [4.69, 9.17) is 0 Å². The predicted octanol–water partition coefficient (Wildman–Crippen LogP) is 0.472. The van der Waals surface area contributed by atoms with Gasteiger partial charge in [0.2, 0.25) is 5.78 Å². The van der Waals surface area contributed by atoms with Gasteiger partial charge in [-0.25, -0.2) is 0 Å². The van der Waals surface area contributed by atoms with E-state index in [9.17, 15) is 14.4 Å². The monoisotopic (exact) mass is 382 g/mol. The second-order valence-electron chi connectivity index (χ2n) is 8.40. The van der Waals surface area contributed by atoms with Gasteiger partial charge in [-0.2, -0.15) is 0 Å². The van der Waals surface area contributed by atoms with Crippen LogP contribution < -0.4 is 15.5 Å². The molecule has 5 rings (SSSR count). The molecule has 4 atom stereocenters. The molecule has 3 saturated heterocycles. The molecule has 1 aromatic carbocycles. The number of hydrogen-bond acceptors (Lipinski definition) is 6. The number of fused-ring (bicyclic) bond motifs is 3. The van der Waals surface area contributed by atoms with Crippen molar-refractivity contribution in [3.05, 3.63) is 29.3 Å². The molecule has 7 heteroatoms. The van der Waals surface area contributed by atoms with E-state index in [0.29, 0.717) is 37.9 Å². The summed E-state index contributed by atoms with van der Waals surface area (Å²) in [6.07, 6.45) is 4.14. The molecule has 0 radical (unpaired) electrons. The van der Waals surface area contributed by atoms with E-state index >= 15 is 0 Å². The second-order valence-corrected chi connectivity index (χ2v) is 8.40. The Morgan fingerprint density at radius 2 is 1.79 bits per heavy atom. The van der Waals surface area contributed by atoms with Crippen molar-refractivity contribution < 1.29 is 14.4 Å². The predicted molar refractivity (Wildman–Crippen MR) is 104 cm³/mol. The molecule has 148 valence electrons. The van der Waals surface area contributed by atoms with E-state index in [2.05, 4.69) is 21.6 Å². The number of carbonyl (C=O) groups excluding carboxylic acids is 3. The Morgan fingerprint density at radius 3 is 2.46 bits per heavy atom. The van der Waals surface area contributed by atoms with Crippen molar-refractivity contribution in [2.24, 2.45) is 0 Å². The summed E-state index contributed by atoms with van der Waals surface area (Å²) < 4.78 is 0. The summed E-state index contributed by atoms with van der Waals surface area (Å²) in [4.78, 5) is 40.0. The van der Waals surface area contributed by atoms with E-state index in [0.717, 1.165) is 30.6 Å². The molecule has 3 fully saturated rings. The van der Waals surface area contributed by atoms with Gasteiger partial charge in [0.25, 0.3) is 5.91 Å². The first-order valence-corrected chi connectivity index (χ1v) is 10.3. The van der Waals surface area contributed by atoms with Crippen LogP contribution in [0, 0.1) is 0 Å². The Hall–Kier alpha value is -2.25. The van der Waals surface area contributed by atoms with E-state index < -0.39 is 11.8 Å². The van der Waals surface area contributed by atoms with E-state index in [1.54, 1.807) is 0 Å². The average Bonchev–Trinajstić information content (AvgIpc) is 3.20. The Bertz CT molecular complexity index is 802. The van der Waals surface area contributed by atoms with Crippen molar-refractivity contribution in [3.8, 4) is 0 Å². The number of benzene rings is 1. The quantitative estimate of drug-likeness (QED) is 0.582. The Balaban J connectivity index is 1.36. The van der Waals surface area contributed by atoms with Crippen LogP contribution in [0.3, 0.4) is 0 Å². The maximum Gasteiger partial charge on any atom is 0.254 e. The SMILES string of the molecule is O=CC(=O)C1CCC(N2Cc3c(cccc3N3[C@@H]4CC[C@H]3CNC4)C2=O)CN1. The number of piperazine rings is 1. The van der Waals surface area contributed by atoms with E-state index in [1.807, 2.05) is 17.0 Å². The lowest BCUT2D eigenvalue weighted by Gasteiger charge is -2.38. The number of nitrogens with one attached hydrogen (secondary N) is 2. The zero-order valence-electron chi connectivity index (χ0n) is 15.9. The van der Waals surface area contributed by atoms with Crippen molar-refractivity contribution in [3.63, 3.8) is 0 Å². The first kappa shape index (κ1) is 17.8. The Labute approximate surface area is 164 Å². The third kappa shape index (κ3) is 2.76. The standard InChI is InChI=1S/C21H26N4O3/c26-12-20(27)18-7-6-13(10-23-18)24-11-17-16(21(24)28)2-1-3-19(17)25-14-4-5-15(25)9-22-8-14/h1-3,12-15,18,22-23H,4-11H2/t13?,14-,15+,18?. The molecule has 1 aromatic rings. The Kier molecular flexibility index (Phi) is 4.44. The number of carbonyl (C=O) groups is 3. The van der Waals surface area contributed by atoms with Crippen LogP contribution in [0.4, 0.5) is 5.69 Å². The van der Waals surface area contributed by atoms with Crippen LogP contribution in [0.5, 0.6) is 0 Å². The van der Waals surface area contributed by atoms with Crippen LogP contribution >= 0.6 is 0 Å². The van der Waals surface area contributed by atoms with Gasteiger partial charge in [0, 0.05) is 61.1 Å². The highest BCUT2D eigenvalue weighted by atomic mass is 16.2. The summed E-state index contributed by atoms with van der Waals surface area (Å²) in [6.45, 7) is 3.21. The number of anilines is 1. The zero-order chi connectivity index (χ0) is 19.3. The number of piperidine rings is 1. The smallest absolute Gasteiger partial charge is 0.254 e. The molecule has 2 N–H and O–H groups in total. The van der Waals surface area contributed by atoms with Gasteiger partial charge < -0.3 is 20.4 Å². The summed E-state index contributed by atoms with van der Waals surface area (Å²) >= 11 is 0. The van der Waals surface area contributed by atoms with Gasteiger partial charge in [-0.15, -0.1) is 0 Å². The average molecular weight is 382 g/mol. The summed E-state index contributed by atoms with van der Waals surface area (Å²) in [7, 11) is 0. The van der Waals surface area contributed by atoms with Crippen LogP contribution in [0.15, 0.2) is 18.2 Å². The maximum absolute atomic E-state index is 13.1. The molecule has 2 bridgehead atoms. The molecule has 4 aliphatic heterocycles. The first-order valence-electron chi connectivity index (χ1n) is 10.3. The fraction of sp³-hybridized carbons (Fsp3) is 0.571. The number of rotatable bonds is 4. The molecule has 1 amide bonds. The highest BCUT2D eigenvalue weighted by Crippen LogP contribution is 2.39. The Morgan fingerprint density at radius 1 is 1.04 bits per heavy atom. The molecule has 28 heavy (non-hydrogen) atoms. The van der Waals surface area contributed by atoms with Crippen LogP contribution in [0.2, 0.25) is 0 Å². The van der Waals surface area contributed by atoms with Crippen molar-refractivity contribution in [2.45, 2.75) is 56.4 Å². The van der Waals surface area contributed by atoms with Crippen molar-refractivity contribution in [2.75, 3.05) is 24.5 Å². The van der Waals surface area contributed by atoms with Crippen molar-refractivity contribution >= 4 is 23.7 Å². The summed E-state index contributed by atoms with van der Waals surface area (Å²) in [5, 5.41) is 6.67. The lowest BCUT2D eigenvalue weighted by atomic mass is 9.97. The van der Waals surface area contributed by atoms with Crippen LogP contribution in [0.25, 0.3) is 0 Å². The number of ketones is 1. The highest BCUT2D eigenvalue weighted by molar-refractivity contribution is 6.27.